The maximum atomic E-state index is 5.24. The molecule has 0 aliphatic rings. The lowest BCUT2D eigenvalue weighted by atomic mass is 9.98. The van der Waals surface area contributed by atoms with Crippen LogP contribution >= 0.6 is 22.7 Å². The molecule has 0 radical (unpaired) electrons. The van der Waals surface area contributed by atoms with Crippen LogP contribution in [0.2, 0.25) is 0 Å². The molecule has 0 saturated carbocycles. The second-order valence-corrected chi connectivity index (χ2v) is 15.5. The molecule has 6 heteroatoms. The SMILES string of the molecule is c1ccc(-c2nc(-c3ccc(-c4cccc(-c5nc6ccccc6c6c5sc5ccccc56)c4)cc3)nc(-c3cccc4c3sc3ccccc34)n2)cc1. The number of nitrogens with zero attached hydrogens (tertiary/aromatic N) is 4. The van der Waals surface area contributed by atoms with Gasteiger partial charge in [0.1, 0.15) is 0 Å². The summed E-state index contributed by atoms with van der Waals surface area (Å²) in [5.41, 5.74) is 8.26. The Labute approximate surface area is 318 Å². The fourth-order valence-corrected chi connectivity index (χ4v) is 9.99. The first-order chi connectivity index (χ1) is 26.7. The second-order valence-electron chi connectivity index (χ2n) is 13.4. The summed E-state index contributed by atoms with van der Waals surface area (Å²) in [5.74, 6) is 1.97. The van der Waals surface area contributed by atoms with E-state index in [1.807, 2.05) is 29.5 Å². The fourth-order valence-electron chi connectivity index (χ4n) is 7.55. The first kappa shape index (κ1) is 31.0. The monoisotopic (exact) mass is 724 g/mol. The maximum Gasteiger partial charge on any atom is 0.165 e. The first-order valence-corrected chi connectivity index (χ1v) is 19.5. The van der Waals surface area contributed by atoms with Crippen molar-refractivity contribution >= 4 is 73.9 Å². The van der Waals surface area contributed by atoms with E-state index in [4.69, 9.17) is 19.9 Å². The standard InChI is InChI=1S/C48H28N4S2/c1-2-12-30(13-3-1)46-50-47(52-48(51-46)38-20-11-19-35-34-16-5-8-22-40(34)53-44(35)38)31-26-24-29(25-27-31)32-14-10-15-33(28-32)43-45-42(36-17-4-7-21-39(36)49-43)37-18-6-9-23-41(37)54-45/h1-28H. The molecule has 0 bridgehead atoms. The predicted molar refractivity (Wildman–Crippen MR) is 228 cm³/mol. The molecule has 7 aromatic carbocycles. The van der Waals surface area contributed by atoms with E-state index in [0.717, 1.165) is 44.6 Å². The van der Waals surface area contributed by atoms with Gasteiger partial charge in [-0.15, -0.1) is 22.7 Å². The van der Waals surface area contributed by atoms with Crippen molar-refractivity contribution in [3.8, 4) is 56.5 Å². The molecule has 0 fully saturated rings. The smallest absolute Gasteiger partial charge is 0.165 e. The van der Waals surface area contributed by atoms with Crippen molar-refractivity contribution in [2.75, 3.05) is 0 Å². The molecule has 0 unspecified atom stereocenters. The van der Waals surface area contributed by atoms with Crippen LogP contribution in [0.3, 0.4) is 0 Å². The number of hydrogen-bond acceptors (Lipinski definition) is 6. The summed E-state index contributed by atoms with van der Waals surface area (Å²) < 4.78 is 4.92. The van der Waals surface area contributed by atoms with Crippen LogP contribution in [0.25, 0.3) is 108 Å². The third kappa shape index (κ3) is 5.11. The topological polar surface area (TPSA) is 51.6 Å². The lowest BCUT2D eigenvalue weighted by Crippen LogP contribution is -2.00. The average Bonchev–Trinajstić information content (AvgIpc) is 3.83. The summed E-state index contributed by atoms with van der Waals surface area (Å²) in [6, 6.07) is 59.6. The van der Waals surface area contributed by atoms with E-state index in [1.54, 1.807) is 11.3 Å². The van der Waals surface area contributed by atoms with Crippen molar-refractivity contribution < 1.29 is 0 Å². The van der Waals surface area contributed by atoms with Gasteiger partial charge >= 0.3 is 0 Å². The third-order valence-electron chi connectivity index (χ3n) is 10.1. The summed E-state index contributed by atoms with van der Waals surface area (Å²) in [7, 11) is 0. The van der Waals surface area contributed by atoms with Crippen LogP contribution in [0.4, 0.5) is 0 Å². The van der Waals surface area contributed by atoms with Gasteiger partial charge in [0.15, 0.2) is 17.5 Å². The minimum Gasteiger partial charge on any atom is -0.246 e. The quantitative estimate of drug-likeness (QED) is 0.177. The highest BCUT2D eigenvalue weighted by Crippen LogP contribution is 2.43. The molecular formula is C48H28N4S2. The molecule has 54 heavy (non-hydrogen) atoms. The largest absolute Gasteiger partial charge is 0.246 e. The number of pyridine rings is 1. The first-order valence-electron chi connectivity index (χ1n) is 17.9. The number of rotatable bonds is 5. The summed E-state index contributed by atoms with van der Waals surface area (Å²) in [6.07, 6.45) is 0. The molecule has 4 nitrogen and oxygen atoms in total. The number of hydrogen-bond donors (Lipinski definition) is 0. The van der Waals surface area contributed by atoms with Gasteiger partial charge in [-0.25, -0.2) is 19.9 Å². The average molecular weight is 725 g/mol. The van der Waals surface area contributed by atoms with Crippen molar-refractivity contribution in [2.24, 2.45) is 0 Å². The van der Waals surface area contributed by atoms with Gasteiger partial charge in [-0.05, 0) is 41.5 Å². The molecule has 0 spiro atoms. The normalized spacial score (nSPS) is 11.7. The van der Waals surface area contributed by atoms with Crippen molar-refractivity contribution in [2.45, 2.75) is 0 Å². The van der Waals surface area contributed by atoms with E-state index in [1.165, 1.54) is 45.7 Å². The molecule has 11 aromatic rings. The van der Waals surface area contributed by atoms with Crippen LogP contribution in [-0.2, 0) is 0 Å². The Kier molecular flexibility index (Phi) is 7.18. The van der Waals surface area contributed by atoms with E-state index >= 15 is 0 Å². The van der Waals surface area contributed by atoms with E-state index in [0.29, 0.717) is 17.5 Å². The van der Waals surface area contributed by atoms with Gasteiger partial charge in [0.25, 0.3) is 0 Å². The molecule has 0 aliphatic heterocycles. The highest BCUT2D eigenvalue weighted by Gasteiger charge is 2.18. The van der Waals surface area contributed by atoms with Gasteiger partial charge in [0.05, 0.1) is 15.9 Å². The second kappa shape index (κ2) is 12.5. The molecule has 4 heterocycles. The lowest BCUT2D eigenvalue weighted by molar-refractivity contribution is 1.08. The Morgan fingerprint density at radius 1 is 0.333 bits per heavy atom. The number of fused-ring (bicyclic) bond motifs is 8. The summed E-state index contributed by atoms with van der Waals surface area (Å²) in [4.78, 5) is 20.4. The Balaban J connectivity index is 1.01. The summed E-state index contributed by atoms with van der Waals surface area (Å²) in [5, 5.41) is 6.22. The predicted octanol–water partition coefficient (Wildman–Crippen LogP) is 13.5. The van der Waals surface area contributed by atoms with E-state index in [2.05, 4.69) is 152 Å². The Hall–Kier alpha value is -6.60. The minimum atomic E-state index is 0.643. The van der Waals surface area contributed by atoms with Crippen LogP contribution in [-0.4, -0.2) is 19.9 Å². The minimum absolute atomic E-state index is 0.643. The van der Waals surface area contributed by atoms with Crippen LogP contribution in [0.15, 0.2) is 170 Å². The number of benzene rings is 7. The fraction of sp³-hybridized carbons (Fsp3) is 0. The molecular weight excluding hydrogens is 697 g/mol. The van der Waals surface area contributed by atoms with Gasteiger partial charge in [-0.1, -0.05) is 140 Å². The zero-order chi connectivity index (χ0) is 35.6. The van der Waals surface area contributed by atoms with Gasteiger partial charge < -0.3 is 0 Å². The highest BCUT2D eigenvalue weighted by atomic mass is 32.1. The van der Waals surface area contributed by atoms with Gasteiger partial charge in [-0.2, -0.15) is 0 Å². The Morgan fingerprint density at radius 3 is 1.70 bits per heavy atom. The van der Waals surface area contributed by atoms with Crippen LogP contribution < -0.4 is 0 Å². The molecule has 0 atom stereocenters. The molecule has 252 valence electrons. The zero-order valence-electron chi connectivity index (χ0n) is 28.8. The lowest BCUT2D eigenvalue weighted by Gasteiger charge is -2.11. The van der Waals surface area contributed by atoms with Gasteiger partial charge in [-0.3, -0.25) is 0 Å². The summed E-state index contributed by atoms with van der Waals surface area (Å²) in [6.45, 7) is 0. The molecule has 11 rings (SSSR count). The van der Waals surface area contributed by atoms with Crippen molar-refractivity contribution in [3.05, 3.63) is 170 Å². The Bertz CT molecular complexity index is 3220. The maximum absolute atomic E-state index is 5.24. The van der Waals surface area contributed by atoms with Gasteiger partial charge in [0, 0.05) is 63.3 Å². The summed E-state index contributed by atoms with van der Waals surface area (Å²) >= 11 is 3.60. The third-order valence-corrected chi connectivity index (χ3v) is 12.5. The zero-order valence-corrected chi connectivity index (χ0v) is 30.4. The molecule has 0 aliphatic carbocycles. The van der Waals surface area contributed by atoms with Crippen molar-refractivity contribution in [1.29, 1.82) is 0 Å². The molecule has 0 saturated heterocycles. The van der Waals surface area contributed by atoms with E-state index < -0.39 is 0 Å². The van der Waals surface area contributed by atoms with Crippen LogP contribution in [0, 0.1) is 0 Å². The number of para-hydroxylation sites is 1. The number of aromatic nitrogens is 4. The van der Waals surface area contributed by atoms with Crippen LogP contribution in [0.1, 0.15) is 0 Å². The van der Waals surface area contributed by atoms with Crippen molar-refractivity contribution in [3.63, 3.8) is 0 Å². The van der Waals surface area contributed by atoms with Gasteiger partial charge in [0.2, 0.25) is 0 Å². The van der Waals surface area contributed by atoms with Crippen LogP contribution in [0.5, 0.6) is 0 Å². The van der Waals surface area contributed by atoms with Crippen molar-refractivity contribution in [1.82, 2.24) is 19.9 Å². The highest BCUT2D eigenvalue weighted by molar-refractivity contribution is 7.26. The number of thiophene rings is 2. The molecule has 4 aromatic heterocycles. The Morgan fingerprint density at radius 2 is 0.889 bits per heavy atom. The van der Waals surface area contributed by atoms with E-state index in [-0.39, 0.29) is 0 Å². The molecule has 0 N–H and O–H groups in total. The molecule has 0 amide bonds. The van der Waals surface area contributed by atoms with E-state index in [9.17, 15) is 0 Å².